The highest BCUT2D eigenvalue weighted by Gasteiger charge is 2.16. The third kappa shape index (κ3) is 5.26. The van der Waals surface area contributed by atoms with Crippen LogP contribution in [-0.2, 0) is 0 Å². The lowest BCUT2D eigenvalue weighted by atomic mass is 10.1. The number of hydrogen-bond donors (Lipinski definition) is 0. The van der Waals surface area contributed by atoms with Crippen molar-refractivity contribution in [1.29, 1.82) is 0 Å². The molecule has 2 aromatic carbocycles. The lowest BCUT2D eigenvalue weighted by Gasteiger charge is -2.10. The summed E-state index contributed by atoms with van der Waals surface area (Å²) in [5, 5.41) is 9.39. The second-order valence-corrected chi connectivity index (χ2v) is 8.71. The maximum Gasteiger partial charge on any atom is 0.196 e. The zero-order chi connectivity index (χ0) is 21.6. The molecular weight excluding hydrogens is 479 g/mol. The van der Waals surface area contributed by atoms with Crippen molar-refractivity contribution in [2.45, 2.75) is 18.0 Å². The smallest absolute Gasteiger partial charge is 0.196 e. The maximum absolute atomic E-state index is 13.5. The van der Waals surface area contributed by atoms with E-state index in [4.69, 9.17) is 0 Å². The minimum Gasteiger partial charge on any atom is -0.294 e. The molecule has 156 valence electrons. The van der Waals surface area contributed by atoms with E-state index in [2.05, 4.69) is 31.1 Å². The van der Waals surface area contributed by atoms with E-state index in [9.17, 15) is 9.18 Å². The molecule has 0 bridgehead atoms. The number of Topliss-reactive ketones (excluding diaryl/α,β-unsaturated/α-hetero) is 1. The van der Waals surface area contributed by atoms with E-state index in [-0.39, 0.29) is 11.6 Å². The van der Waals surface area contributed by atoms with Gasteiger partial charge >= 0.3 is 0 Å². The van der Waals surface area contributed by atoms with Crippen LogP contribution < -0.4 is 0 Å². The van der Waals surface area contributed by atoms with Gasteiger partial charge in [-0.3, -0.25) is 14.3 Å². The summed E-state index contributed by atoms with van der Waals surface area (Å²) < 4.78 is 16.3. The summed E-state index contributed by atoms with van der Waals surface area (Å²) in [6, 6.07) is 17.3. The highest BCUT2D eigenvalue weighted by atomic mass is 79.9. The summed E-state index contributed by atoms with van der Waals surface area (Å²) in [7, 11) is 0. The molecule has 0 saturated heterocycles. The Morgan fingerprint density at radius 1 is 0.968 bits per heavy atom. The zero-order valence-corrected chi connectivity index (χ0v) is 18.8. The Morgan fingerprint density at radius 3 is 2.39 bits per heavy atom. The van der Waals surface area contributed by atoms with Gasteiger partial charge < -0.3 is 0 Å². The van der Waals surface area contributed by atoms with E-state index in [1.54, 1.807) is 24.5 Å². The van der Waals surface area contributed by atoms with Crippen LogP contribution in [0, 0.1) is 5.82 Å². The second-order valence-electron chi connectivity index (χ2n) is 6.74. The van der Waals surface area contributed by atoms with Crippen LogP contribution in [0.5, 0.6) is 0 Å². The third-order valence-electron chi connectivity index (χ3n) is 4.60. The molecule has 2 aromatic heterocycles. The first-order valence-electron chi connectivity index (χ1n) is 9.65. The van der Waals surface area contributed by atoms with Gasteiger partial charge in [-0.25, -0.2) is 4.39 Å². The van der Waals surface area contributed by atoms with Crippen molar-refractivity contribution in [3.05, 3.63) is 88.9 Å². The number of carbonyl (C=O) groups excluding carboxylic acids is 1. The van der Waals surface area contributed by atoms with Crippen molar-refractivity contribution >= 4 is 33.5 Å². The van der Waals surface area contributed by atoms with Crippen LogP contribution in [0.2, 0.25) is 0 Å². The highest BCUT2D eigenvalue weighted by molar-refractivity contribution is 9.10. The number of benzene rings is 2. The van der Waals surface area contributed by atoms with Gasteiger partial charge in [0.25, 0.3) is 0 Å². The number of hydrogen-bond acceptors (Lipinski definition) is 5. The van der Waals surface area contributed by atoms with Crippen molar-refractivity contribution in [1.82, 2.24) is 19.7 Å². The van der Waals surface area contributed by atoms with Gasteiger partial charge in [0.1, 0.15) is 5.82 Å². The zero-order valence-electron chi connectivity index (χ0n) is 16.4. The quantitative estimate of drug-likeness (QED) is 0.170. The van der Waals surface area contributed by atoms with Crippen molar-refractivity contribution in [2.24, 2.45) is 0 Å². The van der Waals surface area contributed by atoms with Gasteiger partial charge in [-0.15, -0.1) is 10.2 Å². The second kappa shape index (κ2) is 9.98. The lowest BCUT2D eigenvalue weighted by molar-refractivity contribution is 0.0982. The fourth-order valence-electron chi connectivity index (χ4n) is 3.05. The molecular formula is C23H18BrFN4OS. The van der Waals surface area contributed by atoms with E-state index in [1.807, 2.05) is 41.0 Å². The third-order valence-corrected chi connectivity index (χ3v) is 6.15. The lowest BCUT2D eigenvalue weighted by Crippen LogP contribution is -2.02. The molecule has 0 atom stereocenters. The molecule has 0 N–H and O–H groups in total. The average Bonchev–Trinajstić information content (AvgIpc) is 3.22. The number of rotatable bonds is 8. The van der Waals surface area contributed by atoms with Crippen LogP contribution in [0.1, 0.15) is 23.2 Å². The van der Waals surface area contributed by atoms with Gasteiger partial charge in [-0.05, 0) is 55.0 Å². The summed E-state index contributed by atoms with van der Waals surface area (Å²) in [5.41, 5.74) is 2.35. The number of pyridine rings is 1. The molecule has 0 unspecified atom stereocenters. The number of carbonyl (C=O) groups is 1. The van der Waals surface area contributed by atoms with E-state index < -0.39 is 0 Å². The molecule has 0 aliphatic carbocycles. The molecule has 0 spiro atoms. The Bertz CT molecular complexity index is 1160. The van der Waals surface area contributed by atoms with Crippen LogP contribution >= 0.6 is 27.7 Å². The van der Waals surface area contributed by atoms with Crippen LogP contribution in [0.4, 0.5) is 4.39 Å². The maximum atomic E-state index is 13.5. The van der Waals surface area contributed by atoms with Gasteiger partial charge in [0.05, 0.1) is 0 Å². The van der Waals surface area contributed by atoms with E-state index in [0.29, 0.717) is 35.1 Å². The minimum absolute atomic E-state index is 0.116. The highest BCUT2D eigenvalue weighted by Crippen LogP contribution is 2.28. The van der Waals surface area contributed by atoms with Gasteiger partial charge in [-0.1, -0.05) is 39.8 Å². The normalized spacial score (nSPS) is 10.9. The van der Waals surface area contributed by atoms with E-state index >= 15 is 0 Å². The fourth-order valence-corrected chi connectivity index (χ4v) is 4.21. The van der Waals surface area contributed by atoms with Crippen LogP contribution in [0.3, 0.4) is 0 Å². The fraction of sp³-hybridized carbons (Fsp3) is 0.130. The summed E-state index contributed by atoms with van der Waals surface area (Å²) in [6.07, 6.45) is 4.55. The Labute approximate surface area is 191 Å². The monoisotopic (exact) mass is 496 g/mol. The van der Waals surface area contributed by atoms with Crippen LogP contribution in [0.15, 0.2) is 82.7 Å². The molecule has 4 aromatic rings. The number of aromatic nitrogens is 4. The number of ketones is 1. The number of thioether (sulfide) groups is 1. The molecule has 0 aliphatic rings. The molecule has 31 heavy (non-hydrogen) atoms. The Hall–Kier alpha value is -2.84. The molecule has 0 fully saturated rings. The number of nitrogens with zero attached hydrogens (tertiary/aromatic N) is 4. The molecule has 5 nitrogen and oxygen atoms in total. The van der Waals surface area contributed by atoms with Gasteiger partial charge in [0.15, 0.2) is 16.8 Å². The van der Waals surface area contributed by atoms with Gasteiger partial charge in [-0.2, -0.15) is 0 Å². The SMILES string of the molecule is O=C(CCCSc1nnc(-c2ccncc2)n1-c1ccc(F)cc1)c1ccc(Br)cc1. The summed E-state index contributed by atoms with van der Waals surface area (Å²) in [5.74, 6) is 1.17. The molecule has 4 rings (SSSR count). The first-order chi connectivity index (χ1) is 15.1. The van der Waals surface area contributed by atoms with Crippen LogP contribution in [0.25, 0.3) is 17.1 Å². The predicted molar refractivity (Wildman–Crippen MR) is 123 cm³/mol. The molecule has 2 heterocycles. The largest absolute Gasteiger partial charge is 0.294 e. The summed E-state index contributed by atoms with van der Waals surface area (Å²) >= 11 is 4.90. The molecule has 0 amide bonds. The first kappa shape index (κ1) is 21.4. The van der Waals surface area contributed by atoms with Gasteiger partial charge in [0.2, 0.25) is 0 Å². The number of halogens is 2. The van der Waals surface area contributed by atoms with Crippen molar-refractivity contribution < 1.29 is 9.18 Å². The Kier molecular flexibility index (Phi) is 6.89. The average molecular weight is 497 g/mol. The van der Waals surface area contributed by atoms with E-state index in [1.165, 1.54) is 23.9 Å². The van der Waals surface area contributed by atoms with Gasteiger partial charge in [0, 0.05) is 45.9 Å². The first-order valence-corrected chi connectivity index (χ1v) is 11.4. The molecule has 0 radical (unpaired) electrons. The Balaban J connectivity index is 1.49. The molecule has 0 saturated carbocycles. The standard InChI is InChI=1S/C23H18BrFN4OS/c24-18-5-3-16(4-6-18)21(30)2-1-15-31-23-28-27-22(17-11-13-26-14-12-17)29(23)20-9-7-19(25)8-10-20/h3-14H,1-2,15H2. The van der Waals surface area contributed by atoms with Crippen molar-refractivity contribution in [3.8, 4) is 17.1 Å². The summed E-state index contributed by atoms with van der Waals surface area (Å²) in [6.45, 7) is 0. The molecule has 0 aliphatic heterocycles. The van der Waals surface area contributed by atoms with Crippen molar-refractivity contribution in [3.63, 3.8) is 0 Å². The Morgan fingerprint density at radius 2 is 1.68 bits per heavy atom. The predicted octanol–water partition coefficient (Wildman–Crippen LogP) is 5.99. The summed E-state index contributed by atoms with van der Waals surface area (Å²) in [4.78, 5) is 16.4. The molecule has 8 heteroatoms. The van der Waals surface area contributed by atoms with E-state index in [0.717, 1.165) is 15.7 Å². The van der Waals surface area contributed by atoms with Crippen LogP contribution in [-0.4, -0.2) is 31.3 Å². The van der Waals surface area contributed by atoms with Crippen molar-refractivity contribution in [2.75, 3.05) is 5.75 Å². The minimum atomic E-state index is -0.303. The topological polar surface area (TPSA) is 60.7 Å².